The Labute approximate surface area is 62.9 Å². The van der Waals surface area contributed by atoms with Gasteiger partial charge in [-0.1, -0.05) is 0 Å². The molecular formula is C6H8N2O3. The summed E-state index contributed by atoms with van der Waals surface area (Å²) in [6.45, 7) is 0.345. The third kappa shape index (κ3) is 1.36. The van der Waals surface area contributed by atoms with Gasteiger partial charge in [-0.15, -0.1) is 0 Å². The van der Waals surface area contributed by atoms with E-state index in [9.17, 15) is 14.4 Å². The van der Waals surface area contributed by atoms with E-state index in [-0.39, 0.29) is 0 Å². The highest BCUT2D eigenvalue weighted by atomic mass is 16.2. The SMILES string of the molecule is NC(=O)C1CCNC(=O)C1=O. The van der Waals surface area contributed by atoms with Crippen LogP contribution in [0.25, 0.3) is 0 Å². The third-order valence-electron chi connectivity index (χ3n) is 1.60. The minimum absolute atomic E-state index is 0.319. The van der Waals surface area contributed by atoms with E-state index in [1.54, 1.807) is 0 Å². The molecule has 0 aromatic carbocycles. The molecule has 5 heteroatoms. The summed E-state index contributed by atoms with van der Waals surface area (Å²) in [6.07, 6.45) is 0.319. The van der Waals surface area contributed by atoms with Crippen LogP contribution >= 0.6 is 0 Å². The molecule has 1 unspecified atom stereocenters. The molecule has 11 heavy (non-hydrogen) atoms. The molecule has 1 heterocycles. The Morgan fingerprint density at radius 1 is 1.55 bits per heavy atom. The standard InChI is InChI=1S/C6H8N2O3/c7-5(10)3-1-2-8-6(11)4(3)9/h3H,1-2H2,(H2,7,10)(H,8,11). The van der Waals surface area contributed by atoms with E-state index in [1.165, 1.54) is 0 Å². The number of ketones is 1. The zero-order valence-corrected chi connectivity index (χ0v) is 5.79. The van der Waals surface area contributed by atoms with E-state index in [0.29, 0.717) is 13.0 Å². The summed E-state index contributed by atoms with van der Waals surface area (Å²) < 4.78 is 0. The number of amides is 2. The summed E-state index contributed by atoms with van der Waals surface area (Å²) in [5, 5.41) is 2.32. The average Bonchev–Trinajstić information content (AvgIpc) is 1.94. The summed E-state index contributed by atoms with van der Waals surface area (Å²) in [5.74, 6) is -3.06. The van der Waals surface area contributed by atoms with Gasteiger partial charge in [0.25, 0.3) is 5.91 Å². The fourth-order valence-corrected chi connectivity index (χ4v) is 0.978. The summed E-state index contributed by atoms with van der Waals surface area (Å²) >= 11 is 0. The first-order valence-corrected chi connectivity index (χ1v) is 3.24. The van der Waals surface area contributed by atoms with Crippen LogP contribution in [0.3, 0.4) is 0 Å². The normalized spacial score (nSPS) is 24.5. The first kappa shape index (κ1) is 7.71. The van der Waals surface area contributed by atoms with E-state index in [0.717, 1.165) is 0 Å². The highest BCUT2D eigenvalue weighted by Crippen LogP contribution is 2.07. The molecule has 0 spiro atoms. The van der Waals surface area contributed by atoms with Gasteiger partial charge in [-0.2, -0.15) is 0 Å². The molecule has 60 valence electrons. The van der Waals surface area contributed by atoms with Gasteiger partial charge in [-0.3, -0.25) is 14.4 Å². The summed E-state index contributed by atoms with van der Waals surface area (Å²) in [4.78, 5) is 32.0. The number of primary amides is 1. The quantitative estimate of drug-likeness (QED) is 0.346. The zero-order valence-electron chi connectivity index (χ0n) is 5.79. The number of nitrogens with one attached hydrogen (secondary N) is 1. The van der Waals surface area contributed by atoms with Crippen molar-refractivity contribution in [3.8, 4) is 0 Å². The van der Waals surface area contributed by atoms with Gasteiger partial charge in [-0.25, -0.2) is 0 Å². The number of hydrogen-bond acceptors (Lipinski definition) is 3. The van der Waals surface area contributed by atoms with Crippen LogP contribution in [-0.2, 0) is 14.4 Å². The number of carbonyl (C=O) groups excluding carboxylic acids is 3. The van der Waals surface area contributed by atoms with Crippen LogP contribution in [0.5, 0.6) is 0 Å². The Bertz CT molecular complexity index is 224. The highest BCUT2D eigenvalue weighted by molar-refractivity contribution is 6.40. The van der Waals surface area contributed by atoms with Gasteiger partial charge in [0.05, 0.1) is 0 Å². The van der Waals surface area contributed by atoms with Gasteiger partial charge in [0.2, 0.25) is 11.7 Å². The average molecular weight is 156 g/mol. The summed E-state index contributed by atoms with van der Waals surface area (Å²) in [6, 6.07) is 0. The summed E-state index contributed by atoms with van der Waals surface area (Å²) in [7, 11) is 0. The van der Waals surface area contributed by atoms with Crippen molar-refractivity contribution < 1.29 is 14.4 Å². The van der Waals surface area contributed by atoms with E-state index in [4.69, 9.17) is 5.73 Å². The van der Waals surface area contributed by atoms with Crippen molar-refractivity contribution in [3.63, 3.8) is 0 Å². The van der Waals surface area contributed by atoms with Gasteiger partial charge in [0.15, 0.2) is 0 Å². The minimum atomic E-state index is -0.913. The Morgan fingerprint density at radius 2 is 2.18 bits per heavy atom. The van der Waals surface area contributed by atoms with Crippen LogP contribution in [-0.4, -0.2) is 24.1 Å². The molecule has 0 aliphatic carbocycles. The fourth-order valence-electron chi connectivity index (χ4n) is 0.978. The second kappa shape index (κ2) is 2.69. The van der Waals surface area contributed by atoms with E-state index in [2.05, 4.69) is 5.32 Å². The van der Waals surface area contributed by atoms with E-state index < -0.39 is 23.5 Å². The molecule has 2 amide bonds. The predicted molar refractivity (Wildman–Crippen MR) is 35.3 cm³/mol. The molecule has 0 radical (unpaired) electrons. The third-order valence-corrected chi connectivity index (χ3v) is 1.60. The number of hydrogen-bond donors (Lipinski definition) is 2. The number of rotatable bonds is 1. The van der Waals surface area contributed by atoms with E-state index in [1.807, 2.05) is 0 Å². The molecule has 1 atom stereocenters. The minimum Gasteiger partial charge on any atom is -0.369 e. The maximum atomic E-state index is 10.9. The monoisotopic (exact) mass is 156 g/mol. The van der Waals surface area contributed by atoms with Crippen molar-refractivity contribution in [1.29, 1.82) is 0 Å². The highest BCUT2D eigenvalue weighted by Gasteiger charge is 2.32. The predicted octanol–water partition coefficient (Wildman–Crippen LogP) is -1.82. The van der Waals surface area contributed by atoms with Crippen LogP contribution < -0.4 is 11.1 Å². The lowest BCUT2D eigenvalue weighted by molar-refractivity contribution is -0.145. The molecule has 3 N–H and O–H groups in total. The van der Waals surface area contributed by atoms with Crippen molar-refractivity contribution >= 4 is 17.6 Å². The maximum Gasteiger partial charge on any atom is 0.288 e. The number of nitrogens with two attached hydrogens (primary N) is 1. The van der Waals surface area contributed by atoms with Gasteiger partial charge >= 0.3 is 0 Å². The first-order chi connectivity index (χ1) is 5.13. The number of piperidine rings is 1. The Kier molecular flexibility index (Phi) is 1.89. The molecule has 1 fully saturated rings. The van der Waals surface area contributed by atoms with Crippen molar-refractivity contribution in [2.24, 2.45) is 11.7 Å². The van der Waals surface area contributed by atoms with Crippen LogP contribution in [0.1, 0.15) is 6.42 Å². The van der Waals surface area contributed by atoms with Gasteiger partial charge in [-0.05, 0) is 6.42 Å². The Hall–Kier alpha value is -1.39. The molecule has 0 aromatic rings. The topological polar surface area (TPSA) is 89.3 Å². The zero-order chi connectivity index (χ0) is 8.43. The second-order valence-corrected chi connectivity index (χ2v) is 2.36. The van der Waals surface area contributed by atoms with Crippen LogP contribution in [0.2, 0.25) is 0 Å². The molecule has 5 nitrogen and oxygen atoms in total. The van der Waals surface area contributed by atoms with Crippen LogP contribution in [0.15, 0.2) is 0 Å². The lowest BCUT2D eigenvalue weighted by atomic mass is 9.96. The van der Waals surface area contributed by atoms with E-state index >= 15 is 0 Å². The van der Waals surface area contributed by atoms with Crippen molar-refractivity contribution in [3.05, 3.63) is 0 Å². The van der Waals surface area contributed by atoms with Crippen LogP contribution in [0, 0.1) is 5.92 Å². The van der Waals surface area contributed by atoms with Crippen molar-refractivity contribution in [2.45, 2.75) is 6.42 Å². The lowest BCUT2D eigenvalue weighted by Gasteiger charge is -2.16. The maximum absolute atomic E-state index is 10.9. The fraction of sp³-hybridized carbons (Fsp3) is 0.500. The Morgan fingerprint density at radius 3 is 2.64 bits per heavy atom. The smallest absolute Gasteiger partial charge is 0.288 e. The van der Waals surface area contributed by atoms with Gasteiger partial charge in [0, 0.05) is 6.54 Å². The number of Topliss-reactive ketones (excluding diaryl/α,β-unsaturated/α-hetero) is 1. The molecule has 1 saturated heterocycles. The molecule has 0 saturated carbocycles. The molecule has 0 bridgehead atoms. The molecule has 1 aliphatic heterocycles. The molecular weight excluding hydrogens is 148 g/mol. The summed E-state index contributed by atoms with van der Waals surface area (Å²) in [5.41, 5.74) is 4.88. The second-order valence-electron chi connectivity index (χ2n) is 2.36. The molecule has 0 aromatic heterocycles. The van der Waals surface area contributed by atoms with Crippen molar-refractivity contribution in [2.75, 3.05) is 6.54 Å². The lowest BCUT2D eigenvalue weighted by Crippen LogP contribution is -2.47. The Balaban J connectivity index is 2.74. The van der Waals surface area contributed by atoms with Gasteiger partial charge in [0.1, 0.15) is 5.92 Å². The van der Waals surface area contributed by atoms with Gasteiger partial charge < -0.3 is 11.1 Å². The molecule has 1 aliphatic rings. The molecule has 1 rings (SSSR count). The largest absolute Gasteiger partial charge is 0.369 e. The first-order valence-electron chi connectivity index (χ1n) is 3.24. The number of carbonyl (C=O) groups is 3. The van der Waals surface area contributed by atoms with Crippen molar-refractivity contribution in [1.82, 2.24) is 5.32 Å². The van der Waals surface area contributed by atoms with Crippen LogP contribution in [0.4, 0.5) is 0 Å².